The Kier molecular flexibility index (Phi) is 6.97. The van der Waals surface area contributed by atoms with Gasteiger partial charge in [-0.05, 0) is 43.9 Å². The van der Waals surface area contributed by atoms with Gasteiger partial charge in [0.15, 0.2) is 5.16 Å². The molecule has 1 saturated heterocycles. The Balaban J connectivity index is 1.48. The Labute approximate surface area is 195 Å². The molecule has 0 atom stereocenters. The van der Waals surface area contributed by atoms with E-state index in [1.807, 2.05) is 16.7 Å². The Bertz CT molecular complexity index is 1120. The number of nitrogens with one attached hydrogen (secondary N) is 1. The Morgan fingerprint density at radius 3 is 2.76 bits per heavy atom. The first-order valence-corrected chi connectivity index (χ1v) is 11.8. The first kappa shape index (κ1) is 22.8. The van der Waals surface area contributed by atoms with Gasteiger partial charge in [-0.1, -0.05) is 24.8 Å². The zero-order chi connectivity index (χ0) is 23.4. The zero-order valence-electron chi connectivity index (χ0n) is 18.6. The van der Waals surface area contributed by atoms with Crippen LogP contribution in [0.25, 0.3) is 0 Å². The molecule has 1 fully saturated rings. The highest BCUT2D eigenvalue weighted by atomic mass is 32.2. The molecular formula is C22H26N6O4S. The van der Waals surface area contributed by atoms with Crippen molar-refractivity contribution in [2.45, 2.75) is 38.4 Å². The van der Waals surface area contributed by atoms with E-state index >= 15 is 0 Å². The number of thioether (sulfide) groups is 1. The maximum Gasteiger partial charge on any atom is 0.274 e. The summed E-state index contributed by atoms with van der Waals surface area (Å²) < 4.78 is 7.51. The number of nitrogens with zero attached hydrogens (tertiary/aromatic N) is 5. The van der Waals surface area contributed by atoms with Crippen molar-refractivity contribution in [2.24, 2.45) is 5.92 Å². The van der Waals surface area contributed by atoms with Gasteiger partial charge in [-0.15, -0.1) is 10.2 Å². The molecule has 10 nitrogen and oxygen atoms in total. The number of benzene rings is 1. The molecule has 0 spiro atoms. The van der Waals surface area contributed by atoms with Crippen LogP contribution in [-0.2, 0) is 11.3 Å². The van der Waals surface area contributed by atoms with Gasteiger partial charge < -0.3 is 14.6 Å². The SMILES string of the molecule is Cc1c(NC(=O)CSc2nnc(N3CCC(C)CC3)n2Cc2ccco2)cccc1[N+](=O)[O-]. The molecule has 0 radical (unpaired) electrons. The predicted octanol–water partition coefficient (Wildman–Crippen LogP) is 4.10. The molecule has 11 heteroatoms. The van der Waals surface area contributed by atoms with Crippen molar-refractivity contribution in [2.75, 3.05) is 29.1 Å². The first-order valence-electron chi connectivity index (χ1n) is 10.8. The monoisotopic (exact) mass is 470 g/mol. The van der Waals surface area contributed by atoms with Crippen molar-refractivity contribution in [3.05, 3.63) is 58.0 Å². The van der Waals surface area contributed by atoms with Crippen molar-refractivity contribution >= 4 is 35.0 Å². The van der Waals surface area contributed by atoms with Crippen LogP contribution in [0.1, 0.15) is 31.1 Å². The Morgan fingerprint density at radius 2 is 2.06 bits per heavy atom. The van der Waals surface area contributed by atoms with E-state index in [1.165, 1.54) is 17.8 Å². The van der Waals surface area contributed by atoms with Gasteiger partial charge in [0.25, 0.3) is 5.69 Å². The standard InChI is InChI=1S/C22H26N6O4S/c1-15-8-10-26(11-9-15)21-24-25-22(27(21)13-17-5-4-12-32-17)33-14-20(29)23-18-6-3-7-19(16(18)2)28(30)31/h3-7,12,15H,8-11,13-14H2,1-2H3,(H,23,29). The molecule has 0 saturated carbocycles. The molecule has 0 aliphatic carbocycles. The van der Waals surface area contributed by atoms with Gasteiger partial charge >= 0.3 is 0 Å². The molecule has 1 aliphatic rings. The summed E-state index contributed by atoms with van der Waals surface area (Å²) in [4.78, 5) is 25.5. The van der Waals surface area contributed by atoms with Gasteiger partial charge in [-0.2, -0.15) is 0 Å². The van der Waals surface area contributed by atoms with Gasteiger partial charge in [0, 0.05) is 19.2 Å². The number of furan rings is 1. The molecule has 2 aromatic heterocycles. The average molecular weight is 471 g/mol. The number of rotatable bonds is 8. The Morgan fingerprint density at radius 1 is 1.27 bits per heavy atom. The van der Waals surface area contributed by atoms with E-state index in [0.717, 1.165) is 37.6 Å². The molecule has 3 heterocycles. The van der Waals surface area contributed by atoms with Gasteiger partial charge in [0.1, 0.15) is 5.76 Å². The second-order valence-corrected chi connectivity index (χ2v) is 9.10. The molecule has 0 unspecified atom stereocenters. The molecule has 4 rings (SSSR count). The van der Waals surface area contributed by atoms with Crippen LogP contribution in [-0.4, -0.2) is 44.4 Å². The number of hydrogen-bond donors (Lipinski definition) is 1. The summed E-state index contributed by atoms with van der Waals surface area (Å²) in [6, 6.07) is 8.36. The van der Waals surface area contributed by atoms with Crippen LogP contribution in [0.5, 0.6) is 0 Å². The largest absolute Gasteiger partial charge is 0.467 e. The molecule has 174 valence electrons. The van der Waals surface area contributed by atoms with Crippen LogP contribution in [0, 0.1) is 23.0 Å². The van der Waals surface area contributed by atoms with E-state index in [0.29, 0.717) is 28.9 Å². The van der Waals surface area contributed by atoms with Crippen LogP contribution in [0.4, 0.5) is 17.3 Å². The lowest BCUT2D eigenvalue weighted by Gasteiger charge is -2.31. The summed E-state index contributed by atoms with van der Waals surface area (Å²) in [5.41, 5.74) is 0.817. The molecule has 0 bridgehead atoms. The van der Waals surface area contributed by atoms with Crippen LogP contribution >= 0.6 is 11.8 Å². The van der Waals surface area contributed by atoms with E-state index in [1.54, 1.807) is 25.3 Å². The van der Waals surface area contributed by atoms with E-state index in [2.05, 4.69) is 27.3 Å². The first-order chi connectivity index (χ1) is 15.9. The molecule has 3 aromatic rings. The molecule has 1 amide bonds. The number of carbonyl (C=O) groups excluding carboxylic acids is 1. The topological polar surface area (TPSA) is 119 Å². The highest BCUT2D eigenvalue weighted by Crippen LogP contribution is 2.28. The van der Waals surface area contributed by atoms with Crippen LogP contribution in [0.3, 0.4) is 0 Å². The van der Waals surface area contributed by atoms with E-state index in [4.69, 9.17) is 4.42 Å². The lowest BCUT2D eigenvalue weighted by Crippen LogP contribution is -2.35. The second kappa shape index (κ2) is 10.1. The summed E-state index contributed by atoms with van der Waals surface area (Å²) >= 11 is 1.27. The van der Waals surface area contributed by atoms with Crippen LogP contribution < -0.4 is 10.2 Å². The number of nitro benzene ring substituents is 1. The minimum absolute atomic E-state index is 0.0286. The lowest BCUT2D eigenvalue weighted by atomic mass is 10.00. The van der Waals surface area contributed by atoms with Crippen molar-refractivity contribution in [1.82, 2.24) is 14.8 Å². The number of hydrogen-bond acceptors (Lipinski definition) is 8. The van der Waals surface area contributed by atoms with Crippen molar-refractivity contribution < 1.29 is 14.1 Å². The molecule has 1 N–H and O–H groups in total. The second-order valence-electron chi connectivity index (χ2n) is 8.16. The number of amides is 1. The summed E-state index contributed by atoms with van der Waals surface area (Å²) in [7, 11) is 0. The predicted molar refractivity (Wildman–Crippen MR) is 126 cm³/mol. The quantitative estimate of drug-likeness (QED) is 0.297. The molecule has 33 heavy (non-hydrogen) atoms. The van der Waals surface area contributed by atoms with Gasteiger partial charge in [-0.3, -0.25) is 19.5 Å². The third kappa shape index (κ3) is 5.36. The van der Waals surface area contributed by atoms with Crippen molar-refractivity contribution in [1.29, 1.82) is 0 Å². The fourth-order valence-corrected chi connectivity index (χ4v) is 4.53. The highest BCUT2D eigenvalue weighted by molar-refractivity contribution is 7.99. The zero-order valence-corrected chi connectivity index (χ0v) is 19.4. The fourth-order valence-electron chi connectivity index (χ4n) is 3.80. The number of piperidine rings is 1. The van der Waals surface area contributed by atoms with Crippen LogP contribution in [0.2, 0.25) is 0 Å². The average Bonchev–Trinajstić information content (AvgIpc) is 3.45. The molecular weight excluding hydrogens is 444 g/mol. The summed E-state index contributed by atoms with van der Waals surface area (Å²) in [6.07, 6.45) is 3.83. The normalized spacial score (nSPS) is 14.4. The number of aromatic nitrogens is 3. The lowest BCUT2D eigenvalue weighted by molar-refractivity contribution is -0.385. The summed E-state index contributed by atoms with van der Waals surface area (Å²) in [5, 5.41) is 23.3. The minimum atomic E-state index is -0.459. The van der Waals surface area contributed by atoms with Crippen molar-refractivity contribution in [3.63, 3.8) is 0 Å². The fraction of sp³-hybridized carbons (Fsp3) is 0.409. The Hall–Kier alpha value is -3.34. The van der Waals surface area contributed by atoms with E-state index < -0.39 is 4.92 Å². The third-order valence-electron chi connectivity index (χ3n) is 5.77. The van der Waals surface area contributed by atoms with Gasteiger partial charge in [0.05, 0.1) is 34.7 Å². The van der Waals surface area contributed by atoms with E-state index in [9.17, 15) is 14.9 Å². The number of anilines is 2. The maximum atomic E-state index is 12.6. The smallest absolute Gasteiger partial charge is 0.274 e. The number of nitro groups is 1. The minimum Gasteiger partial charge on any atom is -0.467 e. The highest BCUT2D eigenvalue weighted by Gasteiger charge is 2.24. The molecule has 1 aromatic carbocycles. The molecule has 1 aliphatic heterocycles. The van der Waals surface area contributed by atoms with Crippen LogP contribution in [0.15, 0.2) is 46.2 Å². The van der Waals surface area contributed by atoms with Gasteiger partial charge in [0.2, 0.25) is 11.9 Å². The third-order valence-corrected chi connectivity index (χ3v) is 6.73. The van der Waals surface area contributed by atoms with E-state index in [-0.39, 0.29) is 17.3 Å². The maximum absolute atomic E-state index is 12.6. The van der Waals surface area contributed by atoms with Gasteiger partial charge in [-0.25, -0.2) is 0 Å². The van der Waals surface area contributed by atoms with Crippen molar-refractivity contribution in [3.8, 4) is 0 Å². The number of carbonyl (C=O) groups is 1. The summed E-state index contributed by atoms with van der Waals surface area (Å²) in [5.74, 6) is 2.06. The summed E-state index contributed by atoms with van der Waals surface area (Å²) in [6.45, 7) is 6.17.